The average molecular weight is 314 g/mol. The number of ether oxygens (including phenoxy) is 2. The molecule has 0 saturated carbocycles. The molecule has 1 rings (SSSR count). The molecular formula is C13H18N2O5S. The maximum Gasteiger partial charge on any atom is 0.341 e. The van der Waals surface area contributed by atoms with Crippen LogP contribution in [0.25, 0.3) is 0 Å². The fourth-order valence-electron chi connectivity index (χ4n) is 1.59. The Labute approximate surface area is 126 Å². The zero-order valence-corrected chi connectivity index (χ0v) is 13.1. The third kappa shape index (κ3) is 3.79. The van der Waals surface area contributed by atoms with E-state index in [0.29, 0.717) is 10.6 Å². The Morgan fingerprint density at radius 2 is 1.95 bits per heavy atom. The van der Waals surface area contributed by atoms with Gasteiger partial charge in [0, 0.05) is 4.88 Å². The van der Waals surface area contributed by atoms with E-state index < -0.39 is 23.9 Å². The van der Waals surface area contributed by atoms with Crippen LogP contribution in [0.2, 0.25) is 0 Å². The minimum atomic E-state index is -1.45. The third-order valence-electron chi connectivity index (χ3n) is 2.83. The highest BCUT2D eigenvalue weighted by molar-refractivity contribution is 7.16. The molecule has 0 radical (unpaired) electrons. The molecule has 3 N–H and O–H groups in total. The number of esters is 2. The topological polar surface area (TPSA) is 108 Å². The molecule has 116 valence electrons. The van der Waals surface area contributed by atoms with Gasteiger partial charge in [0.2, 0.25) is 0 Å². The summed E-state index contributed by atoms with van der Waals surface area (Å²) in [4.78, 5) is 36.0. The summed E-state index contributed by atoms with van der Waals surface area (Å²) < 4.78 is 9.37. The molecule has 1 heterocycles. The number of hydrogen-bond donors (Lipinski definition) is 2. The number of hydrogen-bond acceptors (Lipinski definition) is 7. The molecule has 0 aliphatic rings. The van der Waals surface area contributed by atoms with Gasteiger partial charge in [0.05, 0.1) is 19.3 Å². The second kappa shape index (κ2) is 7.19. The lowest BCUT2D eigenvalue weighted by Crippen LogP contribution is -2.43. The molecule has 1 aromatic heterocycles. The van der Waals surface area contributed by atoms with E-state index in [9.17, 15) is 14.4 Å². The van der Waals surface area contributed by atoms with Crippen molar-refractivity contribution in [3.8, 4) is 0 Å². The Morgan fingerprint density at radius 1 is 1.33 bits per heavy atom. The monoisotopic (exact) mass is 314 g/mol. The van der Waals surface area contributed by atoms with E-state index in [4.69, 9.17) is 10.5 Å². The standard InChI is InChI=1S/C13H18N2O5S/c1-5-20-13(18)9(14)10(16)15-11-8(12(17)19-4)6(2)7(3)21-11/h9H,5,14H2,1-4H3,(H,15,16). The number of methoxy groups -OCH3 is 1. The first-order valence-corrected chi connectivity index (χ1v) is 7.06. The maximum atomic E-state index is 11.9. The minimum Gasteiger partial charge on any atom is -0.465 e. The molecule has 0 spiro atoms. The summed E-state index contributed by atoms with van der Waals surface area (Å²) in [5, 5.41) is 2.79. The smallest absolute Gasteiger partial charge is 0.341 e. The number of rotatable bonds is 5. The van der Waals surface area contributed by atoms with Crippen LogP contribution in [0.15, 0.2) is 0 Å². The number of thiophene rings is 1. The van der Waals surface area contributed by atoms with Gasteiger partial charge in [-0.2, -0.15) is 0 Å². The third-order valence-corrected chi connectivity index (χ3v) is 3.96. The Bertz CT molecular complexity index is 567. The van der Waals surface area contributed by atoms with Gasteiger partial charge in [0.25, 0.3) is 5.91 Å². The van der Waals surface area contributed by atoms with E-state index in [-0.39, 0.29) is 12.2 Å². The van der Waals surface area contributed by atoms with E-state index in [2.05, 4.69) is 10.1 Å². The first-order chi connectivity index (χ1) is 9.83. The van der Waals surface area contributed by atoms with Crippen LogP contribution in [-0.4, -0.2) is 37.6 Å². The van der Waals surface area contributed by atoms with Crippen molar-refractivity contribution in [1.29, 1.82) is 0 Å². The van der Waals surface area contributed by atoms with Crippen LogP contribution in [0.3, 0.4) is 0 Å². The highest BCUT2D eigenvalue weighted by Crippen LogP contribution is 2.32. The predicted molar refractivity (Wildman–Crippen MR) is 78.4 cm³/mol. The van der Waals surface area contributed by atoms with Gasteiger partial charge in [-0.3, -0.25) is 4.79 Å². The van der Waals surface area contributed by atoms with Gasteiger partial charge in [-0.15, -0.1) is 11.3 Å². The van der Waals surface area contributed by atoms with Crippen LogP contribution in [0, 0.1) is 13.8 Å². The van der Waals surface area contributed by atoms with Crippen molar-refractivity contribution in [1.82, 2.24) is 0 Å². The summed E-state index contributed by atoms with van der Waals surface area (Å²) >= 11 is 1.22. The number of anilines is 1. The fraction of sp³-hybridized carbons (Fsp3) is 0.462. The molecule has 21 heavy (non-hydrogen) atoms. The Balaban J connectivity index is 2.98. The molecule has 0 saturated heterocycles. The molecule has 0 bridgehead atoms. The van der Waals surface area contributed by atoms with Crippen molar-refractivity contribution in [3.05, 3.63) is 16.0 Å². The molecule has 0 aliphatic carbocycles. The lowest BCUT2D eigenvalue weighted by atomic mass is 10.1. The van der Waals surface area contributed by atoms with Crippen LogP contribution in [0.1, 0.15) is 27.7 Å². The average Bonchev–Trinajstić information content (AvgIpc) is 2.72. The molecule has 1 aromatic rings. The molecule has 0 fully saturated rings. The van der Waals surface area contributed by atoms with Crippen LogP contribution >= 0.6 is 11.3 Å². The number of amides is 1. The van der Waals surface area contributed by atoms with Crippen molar-refractivity contribution < 1.29 is 23.9 Å². The van der Waals surface area contributed by atoms with Crippen LogP contribution < -0.4 is 11.1 Å². The maximum absolute atomic E-state index is 11.9. The lowest BCUT2D eigenvalue weighted by Gasteiger charge is -2.11. The van der Waals surface area contributed by atoms with Gasteiger partial charge < -0.3 is 20.5 Å². The van der Waals surface area contributed by atoms with E-state index in [1.165, 1.54) is 18.4 Å². The Morgan fingerprint density at radius 3 is 2.48 bits per heavy atom. The van der Waals surface area contributed by atoms with Gasteiger partial charge in [-0.1, -0.05) is 0 Å². The van der Waals surface area contributed by atoms with E-state index in [1.807, 2.05) is 6.92 Å². The van der Waals surface area contributed by atoms with E-state index >= 15 is 0 Å². The summed E-state index contributed by atoms with van der Waals surface area (Å²) in [5.74, 6) is -2.11. The van der Waals surface area contributed by atoms with Gasteiger partial charge in [0.1, 0.15) is 5.00 Å². The van der Waals surface area contributed by atoms with Gasteiger partial charge in [-0.25, -0.2) is 9.59 Å². The van der Waals surface area contributed by atoms with Crippen molar-refractivity contribution in [2.45, 2.75) is 26.8 Å². The second-order valence-electron chi connectivity index (χ2n) is 4.20. The highest BCUT2D eigenvalue weighted by Gasteiger charge is 2.27. The second-order valence-corrected chi connectivity index (χ2v) is 5.42. The molecule has 7 nitrogen and oxygen atoms in total. The van der Waals surface area contributed by atoms with Crippen LogP contribution in [0.5, 0.6) is 0 Å². The predicted octanol–water partition coefficient (Wildman–Crippen LogP) is 0.980. The Kier molecular flexibility index (Phi) is 5.86. The largest absolute Gasteiger partial charge is 0.465 e. The SMILES string of the molecule is CCOC(=O)C(N)C(=O)Nc1sc(C)c(C)c1C(=O)OC. The van der Waals surface area contributed by atoms with E-state index in [1.54, 1.807) is 13.8 Å². The van der Waals surface area contributed by atoms with Crippen molar-refractivity contribution in [2.24, 2.45) is 5.73 Å². The number of nitrogens with one attached hydrogen (secondary N) is 1. The molecule has 8 heteroatoms. The zero-order valence-electron chi connectivity index (χ0n) is 12.3. The highest BCUT2D eigenvalue weighted by atomic mass is 32.1. The number of aryl methyl sites for hydroxylation is 1. The number of carbonyl (C=O) groups excluding carboxylic acids is 3. The van der Waals surface area contributed by atoms with Crippen LogP contribution in [0.4, 0.5) is 5.00 Å². The molecule has 0 aromatic carbocycles. The molecule has 1 amide bonds. The first-order valence-electron chi connectivity index (χ1n) is 6.24. The van der Waals surface area contributed by atoms with Crippen LogP contribution in [-0.2, 0) is 19.1 Å². The molecule has 1 unspecified atom stereocenters. The quantitative estimate of drug-likeness (QED) is 0.619. The summed E-state index contributed by atoms with van der Waals surface area (Å²) in [7, 11) is 1.25. The molecular weight excluding hydrogens is 296 g/mol. The van der Waals surface area contributed by atoms with E-state index in [0.717, 1.165) is 4.88 Å². The summed E-state index contributed by atoms with van der Waals surface area (Å²) in [5.41, 5.74) is 6.48. The minimum absolute atomic E-state index is 0.129. The number of nitrogens with two attached hydrogens (primary N) is 1. The van der Waals surface area contributed by atoms with Gasteiger partial charge in [-0.05, 0) is 26.3 Å². The first kappa shape index (κ1) is 17.1. The fourth-order valence-corrected chi connectivity index (χ4v) is 2.64. The summed E-state index contributed by atoms with van der Waals surface area (Å²) in [6.07, 6.45) is 0. The van der Waals surface area contributed by atoms with Gasteiger partial charge >= 0.3 is 11.9 Å². The Hall–Kier alpha value is -1.93. The molecule has 1 atom stereocenters. The van der Waals surface area contributed by atoms with Crippen molar-refractivity contribution >= 4 is 34.2 Å². The summed E-state index contributed by atoms with van der Waals surface area (Å²) in [6, 6.07) is -1.45. The lowest BCUT2D eigenvalue weighted by molar-refractivity contribution is -0.146. The van der Waals surface area contributed by atoms with Gasteiger partial charge in [0.15, 0.2) is 6.04 Å². The van der Waals surface area contributed by atoms with Crippen molar-refractivity contribution in [3.63, 3.8) is 0 Å². The number of carbonyl (C=O) groups is 3. The normalized spacial score (nSPS) is 11.7. The molecule has 0 aliphatic heterocycles. The zero-order chi connectivity index (χ0) is 16.2. The van der Waals surface area contributed by atoms with Crippen molar-refractivity contribution in [2.75, 3.05) is 19.0 Å². The summed E-state index contributed by atoms with van der Waals surface area (Å²) in [6.45, 7) is 5.31.